The molecule has 10 nitrogen and oxygen atoms in total. The number of esters is 1. The molecular formula is C20H27ClN2O8. The summed E-state index contributed by atoms with van der Waals surface area (Å²) in [5, 5.41) is 18.8. The highest BCUT2D eigenvalue weighted by Crippen LogP contribution is 2.23. The van der Waals surface area contributed by atoms with E-state index in [1.807, 2.05) is 24.3 Å². The summed E-state index contributed by atoms with van der Waals surface area (Å²) in [6.45, 7) is 6.31. The second-order valence-electron chi connectivity index (χ2n) is 7.69. The number of carbonyl (C=O) groups excluding carboxylic acids is 2. The number of nitrogens with zero attached hydrogens (tertiary/aromatic N) is 1. The normalized spacial score (nSPS) is 17.9. The third-order valence-corrected chi connectivity index (χ3v) is 4.49. The lowest BCUT2D eigenvalue weighted by Gasteiger charge is -2.27. The minimum Gasteiger partial charge on any atom is -0.473 e. The van der Waals surface area contributed by atoms with Crippen molar-refractivity contribution < 1.29 is 38.9 Å². The zero-order chi connectivity index (χ0) is 23.8. The van der Waals surface area contributed by atoms with Crippen molar-refractivity contribution in [3.8, 4) is 0 Å². The Morgan fingerprint density at radius 3 is 2.23 bits per heavy atom. The largest absolute Gasteiger partial charge is 0.473 e. The summed E-state index contributed by atoms with van der Waals surface area (Å²) < 4.78 is 10.2. The van der Waals surface area contributed by atoms with Gasteiger partial charge in [-0.25, -0.2) is 19.2 Å². The average molecular weight is 459 g/mol. The molecule has 1 saturated heterocycles. The Labute approximate surface area is 185 Å². The molecule has 2 rings (SSSR count). The zero-order valence-electron chi connectivity index (χ0n) is 17.8. The molecule has 0 spiro atoms. The molecule has 1 aromatic carbocycles. The van der Waals surface area contributed by atoms with Gasteiger partial charge in [0, 0.05) is 24.2 Å². The molecule has 3 N–H and O–H groups in total. The van der Waals surface area contributed by atoms with Crippen LogP contribution in [0.15, 0.2) is 24.3 Å². The fourth-order valence-electron chi connectivity index (χ4n) is 2.76. The first-order chi connectivity index (χ1) is 14.4. The number of methoxy groups -OCH3 is 1. The van der Waals surface area contributed by atoms with Gasteiger partial charge in [0.15, 0.2) is 0 Å². The second kappa shape index (κ2) is 11.5. The smallest absolute Gasteiger partial charge is 0.414 e. The Balaban J connectivity index is 0.000000703. The first-order valence-electron chi connectivity index (χ1n) is 9.36. The van der Waals surface area contributed by atoms with Crippen molar-refractivity contribution in [2.75, 3.05) is 13.7 Å². The number of likely N-dealkylation sites (tertiary alicyclic amines) is 1. The van der Waals surface area contributed by atoms with Gasteiger partial charge in [0.1, 0.15) is 11.6 Å². The first-order valence-corrected chi connectivity index (χ1v) is 9.74. The van der Waals surface area contributed by atoms with Crippen molar-refractivity contribution in [2.45, 2.75) is 51.4 Å². The van der Waals surface area contributed by atoms with Crippen LogP contribution in [0.1, 0.15) is 32.8 Å². The van der Waals surface area contributed by atoms with Gasteiger partial charge in [-0.1, -0.05) is 29.8 Å². The van der Waals surface area contributed by atoms with E-state index < -0.39 is 35.6 Å². The molecule has 0 unspecified atom stereocenters. The number of carbonyl (C=O) groups is 4. The molecule has 0 bridgehead atoms. The third-order valence-electron chi connectivity index (χ3n) is 4.12. The molecule has 0 saturated carbocycles. The number of ether oxygens (including phenoxy) is 2. The van der Waals surface area contributed by atoms with Gasteiger partial charge in [-0.05, 0) is 38.8 Å². The van der Waals surface area contributed by atoms with E-state index in [1.54, 1.807) is 20.8 Å². The van der Waals surface area contributed by atoms with Crippen LogP contribution in [0.2, 0.25) is 5.02 Å². The number of benzene rings is 1. The second-order valence-corrected chi connectivity index (χ2v) is 8.09. The van der Waals surface area contributed by atoms with Gasteiger partial charge in [0.2, 0.25) is 0 Å². The van der Waals surface area contributed by atoms with Crippen LogP contribution in [0.3, 0.4) is 0 Å². The van der Waals surface area contributed by atoms with Crippen LogP contribution in [0.25, 0.3) is 0 Å². The SMILES string of the molecule is COC(=O)[C@@H]1C[C@H](NCc2ccccc2Cl)CN1C(=O)OC(C)(C)C.O=C(O)C(=O)O. The lowest BCUT2D eigenvalue weighted by atomic mass is 10.1. The fraction of sp³-hybridized carbons (Fsp3) is 0.500. The average Bonchev–Trinajstić information content (AvgIpc) is 3.10. The van der Waals surface area contributed by atoms with Crippen LogP contribution < -0.4 is 5.32 Å². The predicted octanol–water partition coefficient (Wildman–Crippen LogP) is 2.14. The molecule has 1 aromatic rings. The van der Waals surface area contributed by atoms with Crippen LogP contribution in [0.5, 0.6) is 0 Å². The summed E-state index contributed by atoms with van der Waals surface area (Å²) in [4.78, 5) is 44.1. The van der Waals surface area contributed by atoms with Gasteiger partial charge in [-0.3, -0.25) is 4.90 Å². The number of hydrogen-bond acceptors (Lipinski definition) is 7. The number of rotatable bonds is 4. The van der Waals surface area contributed by atoms with Gasteiger partial charge < -0.3 is 25.0 Å². The van der Waals surface area contributed by atoms with Gasteiger partial charge in [-0.15, -0.1) is 0 Å². The lowest BCUT2D eigenvalue weighted by Crippen LogP contribution is -2.44. The van der Waals surface area contributed by atoms with Crippen LogP contribution in [-0.4, -0.2) is 70.5 Å². The van der Waals surface area contributed by atoms with Gasteiger partial charge >= 0.3 is 24.0 Å². The third kappa shape index (κ3) is 8.81. The van der Waals surface area contributed by atoms with Crippen LogP contribution in [-0.2, 0) is 30.4 Å². The highest BCUT2D eigenvalue weighted by molar-refractivity contribution is 6.31. The first kappa shape index (κ1) is 26.2. The van der Waals surface area contributed by atoms with Crippen molar-refractivity contribution >= 4 is 35.6 Å². The maximum Gasteiger partial charge on any atom is 0.414 e. The van der Waals surface area contributed by atoms with E-state index >= 15 is 0 Å². The minimum absolute atomic E-state index is 0.0482. The van der Waals surface area contributed by atoms with Crippen molar-refractivity contribution in [1.29, 1.82) is 0 Å². The van der Waals surface area contributed by atoms with E-state index in [0.29, 0.717) is 24.5 Å². The summed E-state index contributed by atoms with van der Waals surface area (Å²) in [5.74, 6) is -4.09. The highest BCUT2D eigenvalue weighted by Gasteiger charge is 2.42. The fourth-order valence-corrected chi connectivity index (χ4v) is 2.96. The zero-order valence-corrected chi connectivity index (χ0v) is 18.5. The summed E-state index contributed by atoms with van der Waals surface area (Å²) in [5.41, 5.74) is 0.343. The predicted molar refractivity (Wildman–Crippen MR) is 111 cm³/mol. The Bertz CT molecular complexity index is 797. The molecule has 172 valence electrons. The monoisotopic (exact) mass is 458 g/mol. The van der Waals surface area contributed by atoms with E-state index in [-0.39, 0.29) is 6.04 Å². The number of halogens is 1. The van der Waals surface area contributed by atoms with E-state index in [4.69, 9.17) is 40.9 Å². The molecule has 1 amide bonds. The summed E-state index contributed by atoms with van der Waals surface area (Å²) in [7, 11) is 1.32. The van der Waals surface area contributed by atoms with E-state index in [1.165, 1.54) is 12.0 Å². The van der Waals surface area contributed by atoms with Crippen molar-refractivity contribution in [3.63, 3.8) is 0 Å². The van der Waals surface area contributed by atoms with E-state index in [2.05, 4.69) is 5.32 Å². The number of hydrogen-bond donors (Lipinski definition) is 3. The van der Waals surface area contributed by atoms with Crippen LogP contribution in [0.4, 0.5) is 4.79 Å². The van der Waals surface area contributed by atoms with Crippen LogP contribution in [0, 0.1) is 0 Å². The molecule has 1 heterocycles. The Morgan fingerprint density at radius 2 is 1.74 bits per heavy atom. The van der Waals surface area contributed by atoms with Crippen molar-refractivity contribution in [1.82, 2.24) is 10.2 Å². The molecule has 1 fully saturated rings. The Hall–Kier alpha value is -2.85. The molecule has 0 aromatic heterocycles. The number of nitrogens with one attached hydrogen (secondary N) is 1. The summed E-state index contributed by atoms with van der Waals surface area (Å²) in [6.07, 6.45) is -0.0407. The highest BCUT2D eigenvalue weighted by atomic mass is 35.5. The number of aliphatic carboxylic acids is 2. The molecule has 0 aliphatic carbocycles. The van der Waals surface area contributed by atoms with Gasteiger partial charge in [0.25, 0.3) is 0 Å². The van der Waals surface area contributed by atoms with Crippen molar-refractivity contribution in [3.05, 3.63) is 34.9 Å². The van der Waals surface area contributed by atoms with Crippen molar-refractivity contribution in [2.24, 2.45) is 0 Å². The number of amides is 1. The topological polar surface area (TPSA) is 142 Å². The maximum atomic E-state index is 12.4. The molecule has 1 aliphatic heterocycles. The standard InChI is InChI=1S/C18H25ClN2O4.C2H2O4/c1-18(2,3)25-17(23)21-11-13(9-15(21)16(22)24-4)20-10-12-7-5-6-8-14(12)19;3-1(4)2(5)6/h5-8,13,15,20H,9-11H2,1-4H3;(H,3,4)(H,5,6)/t13-,15-;/m0./s1. The van der Waals surface area contributed by atoms with E-state index in [0.717, 1.165) is 5.56 Å². The quantitative estimate of drug-likeness (QED) is 0.456. The molecule has 1 aliphatic rings. The number of carboxylic acid groups (broad SMARTS) is 2. The number of carboxylic acids is 2. The maximum absolute atomic E-state index is 12.4. The summed E-state index contributed by atoms with van der Waals surface area (Å²) >= 11 is 6.16. The molecular weight excluding hydrogens is 432 g/mol. The Kier molecular flexibility index (Phi) is 9.73. The minimum atomic E-state index is -1.82. The van der Waals surface area contributed by atoms with Gasteiger partial charge in [-0.2, -0.15) is 0 Å². The Morgan fingerprint density at radius 1 is 1.16 bits per heavy atom. The molecule has 2 atom stereocenters. The van der Waals surface area contributed by atoms with E-state index in [9.17, 15) is 9.59 Å². The summed E-state index contributed by atoms with van der Waals surface area (Å²) in [6, 6.07) is 6.86. The van der Waals surface area contributed by atoms with Gasteiger partial charge in [0.05, 0.1) is 7.11 Å². The molecule has 0 radical (unpaired) electrons. The molecule has 11 heteroatoms. The molecule has 31 heavy (non-hydrogen) atoms. The van der Waals surface area contributed by atoms with Crippen LogP contribution >= 0.6 is 11.6 Å². The lowest BCUT2D eigenvalue weighted by molar-refractivity contribution is -0.159.